The molecule has 0 spiro atoms. The van der Waals surface area contributed by atoms with Crippen LogP contribution < -0.4 is 0 Å². The fourth-order valence-electron chi connectivity index (χ4n) is 3.33. The topological polar surface area (TPSA) is 71.8 Å². The van der Waals surface area contributed by atoms with Crippen molar-refractivity contribution in [3.63, 3.8) is 0 Å². The second-order valence-electron chi connectivity index (χ2n) is 6.79. The van der Waals surface area contributed by atoms with E-state index < -0.39 is 0 Å². The van der Waals surface area contributed by atoms with Gasteiger partial charge in [0.15, 0.2) is 11.5 Å². The van der Waals surface area contributed by atoms with Crippen LogP contribution in [0.2, 0.25) is 0 Å². The Labute approximate surface area is 155 Å². The number of aryl methyl sites for hydroxylation is 3. The van der Waals surface area contributed by atoms with E-state index in [1.807, 2.05) is 48.8 Å². The zero-order valence-electron chi connectivity index (χ0n) is 15.4. The van der Waals surface area contributed by atoms with Crippen LogP contribution in [0.5, 0.6) is 0 Å². The third-order valence-electron chi connectivity index (χ3n) is 4.85. The summed E-state index contributed by atoms with van der Waals surface area (Å²) in [5.74, 6) is 1.56. The van der Waals surface area contributed by atoms with Crippen LogP contribution in [0.1, 0.15) is 17.0 Å². The number of rotatable bonds is 2. The number of nitrogens with one attached hydrogen (secondary N) is 1. The summed E-state index contributed by atoms with van der Waals surface area (Å²) in [7, 11) is 0. The molecule has 5 aromatic rings. The van der Waals surface area contributed by atoms with Crippen LogP contribution in [0.15, 0.2) is 48.7 Å². The fourth-order valence-corrected chi connectivity index (χ4v) is 3.33. The molecule has 0 bridgehead atoms. The second-order valence-corrected chi connectivity index (χ2v) is 6.79. The number of nitrogens with zero attached hydrogens (tertiary/aromatic N) is 5. The molecule has 5 rings (SSSR count). The van der Waals surface area contributed by atoms with Crippen molar-refractivity contribution < 1.29 is 0 Å². The lowest BCUT2D eigenvalue weighted by atomic mass is 10.1. The summed E-state index contributed by atoms with van der Waals surface area (Å²) in [6, 6.07) is 14.3. The minimum atomic E-state index is 0.683. The Balaban J connectivity index is 1.64. The lowest BCUT2D eigenvalue weighted by molar-refractivity contribution is 0.891. The molecule has 0 radical (unpaired) electrons. The molecule has 3 heterocycles. The highest BCUT2D eigenvalue weighted by Gasteiger charge is 2.13. The first-order valence-electron chi connectivity index (χ1n) is 8.85. The highest BCUT2D eigenvalue weighted by atomic mass is 15.3. The van der Waals surface area contributed by atoms with Crippen LogP contribution in [-0.4, -0.2) is 29.5 Å². The first-order chi connectivity index (χ1) is 13.1. The minimum absolute atomic E-state index is 0.683. The molecule has 0 amide bonds. The number of hydrogen-bond acceptors (Lipinski definition) is 4. The molecule has 0 unspecified atom stereocenters. The van der Waals surface area contributed by atoms with E-state index in [2.05, 4.69) is 45.2 Å². The summed E-state index contributed by atoms with van der Waals surface area (Å²) in [5, 5.41) is 4.66. The highest BCUT2D eigenvalue weighted by Crippen LogP contribution is 2.26. The van der Waals surface area contributed by atoms with Crippen molar-refractivity contribution in [3.8, 4) is 22.8 Å². The normalized spacial score (nSPS) is 11.5. The second kappa shape index (κ2) is 5.74. The van der Waals surface area contributed by atoms with Gasteiger partial charge >= 0.3 is 0 Å². The predicted octanol–water partition coefficient (Wildman–Crippen LogP) is 4.26. The minimum Gasteiger partial charge on any atom is -0.338 e. The number of fused-ring (bicyclic) bond motifs is 2. The standard InChI is InChI=1S/C21H18N6/c1-12-6-4-5-7-16(12)20-23-17-9-8-15(10-18(17)24-20)19-25-21-14(3)22-11-13(2)27(21)26-19/h4-11H,1-3H3,(H,23,24). The maximum Gasteiger partial charge on any atom is 0.182 e. The summed E-state index contributed by atoms with van der Waals surface area (Å²) < 4.78 is 1.84. The summed E-state index contributed by atoms with van der Waals surface area (Å²) >= 11 is 0. The smallest absolute Gasteiger partial charge is 0.182 e. The zero-order valence-corrected chi connectivity index (χ0v) is 15.4. The summed E-state index contributed by atoms with van der Waals surface area (Å²) in [6.07, 6.45) is 1.81. The Morgan fingerprint density at radius 1 is 0.963 bits per heavy atom. The maximum absolute atomic E-state index is 4.74. The van der Waals surface area contributed by atoms with Gasteiger partial charge in [-0.05, 0) is 44.5 Å². The van der Waals surface area contributed by atoms with Gasteiger partial charge in [-0.1, -0.05) is 24.3 Å². The van der Waals surface area contributed by atoms with E-state index in [1.54, 1.807) is 0 Å². The molecule has 0 saturated carbocycles. The number of benzene rings is 2. The molecule has 6 heteroatoms. The molecule has 0 aliphatic carbocycles. The average molecular weight is 354 g/mol. The molecule has 6 nitrogen and oxygen atoms in total. The zero-order chi connectivity index (χ0) is 18.5. The SMILES string of the molecule is Cc1ccccc1-c1nc2ccc(-c3nc4c(C)ncc(C)n4n3)cc2[nH]1. The van der Waals surface area contributed by atoms with Gasteiger partial charge in [0.2, 0.25) is 0 Å². The molecule has 1 N–H and O–H groups in total. The van der Waals surface area contributed by atoms with E-state index >= 15 is 0 Å². The van der Waals surface area contributed by atoms with Crippen molar-refractivity contribution in [2.75, 3.05) is 0 Å². The van der Waals surface area contributed by atoms with E-state index in [-0.39, 0.29) is 0 Å². The summed E-state index contributed by atoms with van der Waals surface area (Å²) in [6.45, 7) is 6.01. The molecule has 0 saturated heterocycles. The molecular weight excluding hydrogens is 336 g/mol. The van der Waals surface area contributed by atoms with E-state index in [0.29, 0.717) is 5.82 Å². The monoisotopic (exact) mass is 354 g/mol. The molecule has 2 aromatic carbocycles. The number of aromatic amines is 1. The van der Waals surface area contributed by atoms with Crippen LogP contribution in [0, 0.1) is 20.8 Å². The Bertz CT molecular complexity index is 1270. The van der Waals surface area contributed by atoms with Crippen LogP contribution in [0.4, 0.5) is 0 Å². The summed E-state index contributed by atoms with van der Waals surface area (Å²) in [4.78, 5) is 17.2. The molecule has 27 heavy (non-hydrogen) atoms. The third kappa shape index (κ3) is 2.49. The molecule has 3 aromatic heterocycles. The van der Waals surface area contributed by atoms with Gasteiger partial charge in [0.05, 0.1) is 22.4 Å². The Morgan fingerprint density at radius 2 is 1.81 bits per heavy atom. The fraction of sp³-hybridized carbons (Fsp3) is 0.143. The molecule has 132 valence electrons. The first-order valence-corrected chi connectivity index (χ1v) is 8.85. The van der Waals surface area contributed by atoms with Crippen LogP contribution in [0.3, 0.4) is 0 Å². The van der Waals surface area contributed by atoms with Gasteiger partial charge in [-0.15, -0.1) is 5.10 Å². The Kier molecular flexibility index (Phi) is 3.33. The largest absolute Gasteiger partial charge is 0.338 e. The van der Waals surface area contributed by atoms with E-state index in [0.717, 1.165) is 45.0 Å². The first kappa shape index (κ1) is 15.7. The quantitative estimate of drug-likeness (QED) is 0.514. The average Bonchev–Trinajstić information content (AvgIpc) is 3.29. The van der Waals surface area contributed by atoms with Crippen molar-refractivity contribution in [3.05, 3.63) is 65.6 Å². The van der Waals surface area contributed by atoms with Crippen molar-refractivity contribution in [2.24, 2.45) is 0 Å². The van der Waals surface area contributed by atoms with Crippen LogP contribution >= 0.6 is 0 Å². The number of H-pyrrole nitrogens is 1. The van der Waals surface area contributed by atoms with Crippen molar-refractivity contribution in [1.29, 1.82) is 0 Å². The highest BCUT2D eigenvalue weighted by molar-refractivity contribution is 5.84. The van der Waals surface area contributed by atoms with Gasteiger partial charge in [-0.25, -0.2) is 14.5 Å². The van der Waals surface area contributed by atoms with Crippen molar-refractivity contribution >= 4 is 16.7 Å². The van der Waals surface area contributed by atoms with E-state index in [1.165, 1.54) is 5.56 Å². The van der Waals surface area contributed by atoms with Gasteiger partial charge in [0, 0.05) is 17.3 Å². The van der Waals surface area contributed by atoms with Gasteiger partial charge in [-0.3, -0.25) is 4.98 Å². The van der Waals surface area contributed by atoms with Crippen molar-refractivity contribution in [2.45, 2.75) is 20.8 Å². The Hall–Kier alpha value is -3.54. The van der Waals surface area contributed by atoms with Crippen LogP contribution in [-0.2, 0) is 0 Å². The van der Waals surface area contributed by atoms with Gasteiger partial charge < -0.3 is 4.98 Å². The maximum atomic E-state index is 4.74. The molecule has 0 aliphatic heterocycles. The molecule has 0 fully saturated rings. The third-order valence-corrected chi connectivity index (χ3v) is 4.85. The van der Waals surface area contributed by atoms with Gasteiger partial charge in [0.25, 0.3) is 0 Å². The number of hydrogen-bond donors (Lipinski definition) is 1. The molecule has 0 aliphatic rings. The van der Waals surface area contributed by atoms with E-state index in [9.17, 15) is 0 Å². The molecule has 0 atom stereocenters. The predicted molar refractivity (Wildman–Crippen MR) is 106 cm³/mol. The number of imidazole rings is 1. The molecular formula is C21H18N6. The van der Waals surface area contributed by atoms with Gasteiger partial charge in [0.1, 0.15) is 5.82 Å². The van der Waals surface area contributed by atoms with E-state index in [4.69, 9.17) is 4.98 Å². The number of aromatic nitrogens is 6. The van der Waals surface area contributed by atoms with Crippen LogP contribution in [0.25, 0.3) is 39.5 Å². The Morgan fingerprint density at radius 3 is 2.63 bits per heavy atom. The lowest BCUT2D eigenvalue weighted by Gasteiger charge is -2.00. The lowest BCUT2D eigenvalue weighted by Crippen LogP contribution is -1.97. The summed E-state index contributed by atoms with van der Waals surface area (Å²) in [5.41, 5.74) is 7.75. The van der Waals surface area contributed by atoms with Crippen molar-refractivity contribution in [1.82, 2.24) is 29.5 Å². The van der Waals surface area contributed by atoms with Gasteiger partial charge in [-0.2, -0.15) is 0 Å².